The maximum Gasteiger partial charge on any atom is 0.332 e. The number of carbonyl (C=O) groups is 2. The summed E-state index contributed by atoms with van der Waals surface area (Å²) in [4.78, 5) is 22.9. The smallest absolute Gasteiger partial charge is 0.332 e. The fourth-order valence-electron chi connectivity index (χ4n) is 1.31. The maximum absolute atomic E-state index is 11.6. The second-order valence-corrected chi connectivity index (χ2v) is 3.58. The van der Waals surface area contributed by atoms with Crippen LogP contribution in [0.15, 0.2) is 24.3 Å². The Morgan fingerprint density at radius 2 is 2.22 bits per heavy atom. The molecule has 0 saturated carbocycles. The molecule has 6 nitrogen and oxygen atoms in total. The fourth-order valence-corrected chi connectivity index (χ4v) is 1.31. The number of hydrogen-bond acceptors (Lipinski definition) is 5. The van der Waals surface area contributed by atoms with Crippen molar-refractivity contribution in [2.75, 3.05) is 11.9 Å². The number of rotatable bonds is 5. The second-order valence-electron chi connectivity index (χ2n) is 3.58. The highest BCUT2D eigenvalue weighted by atomic mass is 16.5. The van der Waals surface area contributed by atoms with Crippen molar-refractivity contribution in [3.63, 3.8) is 0 Å². The Balaban J connectivity index is 2.66. The molecule has 0 fully saturated rings. The van der Waals surface area contributed by atoms with Crippen LogP contribution in [0.1, 0.15) is 12.5 Å². The van der Waals surface area contributed by atoms with E-state index >= 15 is 0 Å². The summed E-state index contributed by atoms with van der Waals surface area (Å²) in [6.07, 6.45) is 0. The largest absolute Gasteiger partial charge is 0.464 e. The molecule has 0 bridgehead atoms. The lowest BCUT2D eigenvalue weighted by Crippen LogP contribution is -2.43. The molecule has 0 heterocycles. The molecule has 0 aromatic heterocycles. The van der Waals surface area contributed by atoms with Crippen LogP contribution in [-0.2, 0) is 20.9 Å². The number of aliphatic hydroxyl groups is 1. The number of aliphatic hydroxyl groups excluding tert-OH is 1. The summed E-state index contributed by atoms with van der Waals surface area (Å²) in [5.41, 5.74) is 6.54. The minimum Gasteiger partial charge on any atom is -0.464 e. The molecular weight excluding hydrogens is 236 g/mol. The van der Waals surface area contributed by atoms with Crippen molar-refractivity contribution in [2.45, 2.75) is 19.6 Å². The number of esters is 1. The van der Waals surface area contributed by atoms with Crippen LogP contribution < -0.4 is 11.1 Å². The number of benzene rings is 1. The van der Waals surface area contributed by atoms with E-state index in [1.54, 1.807) is 31.2 Å². The van der Waals surface area contributed by atoms with E-state index in [0.29, 0.717) is 11.3 Å². The second kappa shape index (κ2) is 6.73. The Bertz CT molecular complexity index is 434. The van der Waals surface area contributed by atoms with Gasteiger partial charge in [0.05, 0.1) is 13.2 Å². The van der Waals surface area contributed by atoms with Crippen LogP contribution in [0.2, 0.25) is 0 Å². The molecule has 18 heavy (non-hydrogen) atoms. The highest BCUT2D eigenvalue weighted by molar-refractivity contribution is 6.08. The Labute approximate surface area is 105 Å². The first-order chi connectivity index (χ1) is 8.58. The quantitative estimate of drug-likeness (QED) is 0.506. The van der Waals surface area contributed by atoms with E-state index in [1.165, 1.54) is 0 Å². The fraction of sp³-hybridized carbons (Fsp3) is 0.333. The number of nitrogens with one attached hydrogen (secondary N) is 1. The van der Waals surface area contributed by atoms with Crippen LogP contribution >= 0.6 is 0 Å². The Kier molecular flexibility index (Phi) is 5.29. The van der Waals surface area contributed by atoms with Crippen molar-refractivity contribution in [1.82, 2.24) is 0 Å². The average Bonchev–Trinajstić information content (AvgIpc) is 2.38. The van der Waals surface area contributed by atoms with Crippen molar-refractivity contribution < 1.29 is 19.4 Å². The highest BCUT2D eigenvalue weighted by Crippen LogP contribution is 2.10. The zero-order valence-corrected chi connectivity index (χ0v) is 10.1. The Morgan fingerprint density at radius 1 is 1.50 bits per heavy atom. The van der Waals surface area contributed by atoms with Crippen LogP contribution in [0, 0.1) is 0 Å². The van der Waals surface area contributed by atoms with Gasteiger partial charge in [0.15, 0.2) is 6.04 Å². The number of ether oxygens (including phenoxy) is 1. The van der Waals surface area contributed by atoms with Gasteiger partial charge in [-0.3, -0.25) is 4.79 Å². The molecule has 0 aliphatic carbocycles. The first-order valence-corrected chi connectivity index (χ1v) is 5.51. The molecule has 6 heteroatoms. The lowest BCUT2D eigenvalue weighted by molar-refractivity contribution is -0.146. The Morgan fingerprint density at radius 3 is 2.83 bits per heavy atom. The van der Waals surface area contributed by atoms with Gasteiger partial charge in [-0.25, -0.2) is 4.79 Å². The van der Waals surface area contributed by atoms with Crippen molar-refractivity contribution in [2.24, 2.45) is 5.73 Å². The van der Waals surface area contributed by atoms with Crippen LogP contribution in [0.4, 0.5) is 5.69 Å². The predicted molar refractivity (Wildman–Crippen MR) is 65.6 cm³/mol. The van der Waals surface area contributed by atoms with Gasteiger partial charge in [-0.15, -0.1) is 0 Å². The average molecular weight is 252 g/mol. The summed E-state index contributed by atoms with van der Waals surface area (Å²) in [6.45, 7) is 1.67. The van der Waals surface area contributed by atoms with E-state index in [2.05, 4.69) is 10.1 Å². The van der Waals surface area contributed by atoms with Crippen molar-refractivity contribution in [3.05, 3.63) is 29.8 Å². The molecule has 98 valence electrons. The zero-order valence-electron chi connectivity index (χ0n) is 10.1. The lowest BCUT2D eigenvalue weighted by Gasteiger charge is -2.11. The van der Waals surface area contributed by atoms with Gasteiger partial charge >= 0.3 is 5.97 Å². The number of amides is 1. The lowest BCUT2D eigenvalue weighted by atomic mass is 10.2. The van der Waals surface area contributed by atoms with Gasteiger partial charge in [-0.05, 0) is 24.6 Å². The molecule has 0 aliphatic rings. The van der Waals surface area contributed by atoms with Gasteiger partial charge in [0.25, 0.3) is 5.91 Å². The van der Waals surface area contributed by atoms with E-state index in [1.807, 2.05) is 0 Å². The maximum atomic E-state index is 11.6. The van der Waals surface area contributed by atoms with Gasteiger partial charge in [0.2, 0.25) is 0 Å². The Hall–Kier alpha value is -1.92. The standard InChI is InChI=1S/C12H16N2O4/c1-2-18-12(17)10(13)11(16)14-9-5-3-4-8(6-9)7-15/h3-6,10,15H,2,7,13H2,1H3,(H,14,16). The summed E-state index contributed by atoms with van der Waals surface area (Å²) < 4.78 is 4.64. The van der Waals surface area contributed by atoms with Crippen LogP contribution in [0.25, 0.3) is 0 Å². The molecule has 1 aromatic rings. The third-order valence-electron chi connectivity index (χ3n) is 2.20. The first kappa shape index (κ1) is 14.1. The minimum absolute atomic E-state index is 0.131. The van der Waals surface area contributed by atoms with Gasteiger partial charge in [-0.1, -0.05) is 12.1 Å². The van der Waals surface area contributed by atoms with Crippen LogP contribution in [-0.4, -0.2) is 29.6 Å². The normalized spacial score (nSPS) is 11.7. The summed E-state index contributed by atoms with van der Waals surface area (Å²) >= 11 is 0. The zero-order chi connectivity index (χ0) is 13.5. The van der Waals surface area contributed by atoms with E-state index in [9.17, 15) is 9.59 Å². The van der Waals surface area contributed by atoms with Crippen LogP contribution in [0.5, 0.6) is 0 Å². The highest BCUT2D eigenvalue weighted by Gasteiger charge is 2.23. The molecule has 0 spiro atoms. The topological polar surface area (TPSA) is 102 Å². The van der Waals surface area contributed by atoms with E-state index < -0.39 is 17.9 Å². The molecule has 1 amide bonds. The van der Waals surface area contributed by atoms with Gasteiger partial charge < -0.3 is 20.9 Å². The number of carbonyl (C=O) groups excluding carboxylic acids is 2. The summed E-state index contributed by atoms with van der Waals surface area (Å²) in [6, 6.07) is 5.26. The monoisotopic (exact) mass is 252 g/mol. The molecular formula is C12H16N2O4. The molecule has 1 aromatic carbocycles. The van der Waals surface area contributed by atoms with E-state index in [0.717, 1.165) is 0 Å². The third kappa shape index (κ3) is 3.83. The first-order valence-electron chi connectivity index (χ1n) is 5.51. The number of nitrogens with two attached hydrogens (primary N) is 1. The van der Waals surface area contributed by atoms with Gasteiger partial charge in [0.1, 0.15) is 0 Å². The molecule has 1 unspecified atom stereocenters. The van der Waals surface area contributed by atoms with Gasteiger partial charge in [0, 0.05) is 5.69 Å². The van der Waals surface area contributed by atoms with Crippen molar-refractivity contribution in [1.29, 1.82) is 0 Å². The summed E-state index contributed by atoms with van der Waals surface area (Å²) in [5, 5.41) is 11.4. The molecule has 1 rings (SSSR count). The minimum atomic E-state index is -1.36. The van der Waals surface area contributed by atoms with Crippen LogP contribution in [0.3, 0.4) is 0 Å². The summed E-state index contributed by atoms with van der Waals surface area (Å²) in [7, 11) is 0. The van der Waals surface area contributed by atoms with E-state index in [-0.39, 0.29) is 13.2 Å². The van der Waals surface area contributed by atoms with E-state index in [4.69, 9.17) is 10.8 Å². The van der Waals surface area contributed by atoms with Crippen molar-refractivity contribution >= 4 is 17.6 Å². The molecule has 0 radical (unpaired) electrons. The third-order valence-corrected chi connectivity index (χ3v) is 2.20. The summed E-state index contributed by atoms with van der Waals surface area (Å²) in [5.74, 6) is -1.42. The van der Waals surface area contributed by atoms with Gasteiger partial charge in [-0.2, -0.15) is 0 Å². The molecule has 4 N–H and O–H groups in total. The number of hydrogen-bond donors (Lipinski definition) is 3. The molecule has 1 atom stereocenters. The molecule has 0 saturated heterocycles. The molecule has 0 aliphatic heterocycles. The van der Waals surface area contributed by atoms with Crippen molar-refractivity contribution in [3.8, 4) is 0 Å². The predicted octanol–water partition coefficient (Wildman–Crippen LogP) is 0.00780. The SMILES string of the molecule is CCOC(=O)C(N)C(=O)Nc1cccc(CO)c1. The number of anilines is 1.